The zero-order chi connectivity index (χ0) is 33.4. The van der Waals surface area contributed by atoms with E-state index in [1.807, 2.05) is 75.4 Å². The summed E-state index contributed by atoms with van der Waals surface area (Å²) in [4.78, 5) is 34.0. The highest BCUT2D eigenvalue weighted by atomic mass is 32.1. The van der Waals surface area contributed by atoms with Gasteiger partial charge in [0, 0.05) is 12.0 Å². The minimum Gasteiger partial charge on any atom is -0.507 e. The number of rotatable bonds is 10. The average molecular weight is 663 g/mol. The second kappa shape index (κ2) is 13.0. The minimum absolute atomic E-state index is 0.00450. The standard InChI is InChI=1S/C38H34N2O7S/c1-4-44-27-13-14-28-32(20-27)48-38(39-28)40-34(24-11-16-30(31(19-24)45-5-2)46-21-23-9-7-6-8-10-23)33(36(42)37(40)43)35(41)25-12-15-29-26(18-25)17-22(3)47-29/h6-16,18-20,22,34,41H,4-5,17,21H2,1-3H3/t22-,34+/m0/s1. The lowest BCUT2D eigenvalue weighted by molar-refractivity contribution is -0.132. The zero-order valence-electron chi connectivity index (χ0n) is 26.8. The number of ketones is 1. The average Bonchev–Trinajstić information content (AvgIpc) is 3.76. The molecule has 0 aliphatic carbocycles. The molecule has 7 rings (SSSR count). The van der Waals surface area contributed by atoms with Gasteiger partial charge in [0.05, 0.1) is 35.0 Å². The smallest absolute Gasteiger partial charge is 0.301 e. The topological polar surface area (TPSA) is 107 Å². The number of aliphatic hydroxyl groups excluding tert-OH is 1. The number of benzene rings is 4. The Hall–Kier alpha value is -5.35. The third kappa shape index (κ3) is 5.84. The molecule has 9 nitrogen and oxygen atoms in total. The number of aliphatic hydroxyl groups is 1. The van der Waals surface area contributed by atoms with Crippen LogP contribution in [-0.4, -0.2) is 41.1 Å². The van der Waals surface area contributed by atoms with Crippen molar-refractivity contribution in [2.75, 3.05) is 18.1 Å². The number of anilines is 1. The summed E-state index contributed by atoms with van der Waals surface area (Å²) in [5.74, 6) is 0.518. The number of ether oxygens (including phenoxy) is 4. The van der Waals surface area contributed by atoms with Gasteiger partial charge in [-0.25, -0.2) is 4.98 Å². The summed E-state index contributed by atoms with van der Waals surface area (Å²) >= 11 is 1.27. The van der Waals surface area contributed by atoms with Crippen LogP contribution >= 0.6 is 11.3 Å². The Morgan fingerprint density at radius 1 is 0.938 bits per heavy atom. The monoisotopic (exact) mass is 662 g/mol. The molecular formula is C38H34N2O7S. The van der Waals surface area contributed by atoms with Gasteiger partial charge in [-0.15, -0.1) is 0 Å². The van der Waals surface area contributed by atoms with Gasteiger partial charge in [-0.2, -0.15) is 0 Å². The first-order valence-electron chi connectivity index (χ1n) is 15.9. The molecule has 5 aromatic rings. The molecule has 1 saturated heterocycles. The van der Waals surface area contributed by atoms with Crippen LogP contribution in [0.5, 0.6) is 23.0 Å². The van der Waals surface area contributed by atoms with Crippen molar-refractivity contribution >= 4 is 44.1 Å². The summed E-state index contributed by atoms with van der Waals surface area (Å²) in [6.45, 7) is 6.95. The van der Waals surface area contributed by atoms with Crippen LogP contribution in [0.2, 0.25) is 0 Å². The number of nitrogens with zero attached hydrogens (tertiary/aromatic N) is 2. The maximum atomic E-state index is 13.9. The maximum absolute atomic E-state index is 13.9. The molecule has 4 aromatic carbocycles. The van der Waals surface area contributed by atoms with E-state index in [0.29, 0.717) is 65.3 Å². The van der Waals surface area contributed by atoms with E-state index >= 15 is 0 Å². The largest absolute Gasteiger partial charge is 0.507 e. The minimum atomic E-state index is -0.997. The summed E-state index contributed by atoms with van der Waals surface area (Å²) in [5, 5.41) is 12.1. The summed E-state index contributed by atoms with van der Waals surface area (Å²) < 4.78 is 24.5. The van der Waals surface area contributed by atoms with Crippen molar-refractivity contribution in [2.45, 2.75) is 45.9 Å². The molecule has 1 amide bonds. The van der Waals surface area contributed by atoms with Crippen LogP contribution in [0.4, 0.5) is 5.13 Å². The van der Waals surface area contributed by atoms with E-state index in [9.17, 15) is 14.7 Å². The van der Waals surface area contributed by atoms with Crippen LogP contribution in [0, 0.1) is 0 Å². The molecule has 2 atom stereocenters. The third-order valence-electron chi connectivity index (χ3n) is 8.30. The molecule has 1 N–H and O–H groups in total. The fraction of sp³-hybridized carbons (Fsp3) is 0.237. The van der Waals surface area contributed by atoms with E-state index in [4.69, 9.17) is 23.9 Å². The Bertz CT molecular complexity index is 2060. The van der Waals surface area contributed by atoms with Crippen LogP contribution in [0.25, 0.3) is 16.0 Å². The molecule has 2 aliphatic rings. The molecular weight excluding hydrogens is 628 g/mol. The first kappa shape index (κ1) is 31.3. The number of thiazole rings is 1. The zero-order valence-corrected chi connectivity index (χ0v) is 27.6. The van der Waals surface area contributed by atoms with Crippen LogP contribution in [0.3, 0.4) is 0 Å². The third-order valence-corrected chi connectivity index (χ3v) is 9.32. The summed E-state index contributed by atoms with van der Waals surface area (Å²) in [6, 6.07) is 24.9. The number of fused-ring (bicyclic) bond motifs is 2. The number of hydrogen-bond acceptors (Lipinski definition) is 9. The van der Waals surface area contributed by atoms with Crippen molar-refractivity contribution in [2.24, 2.45) is 0 Å². The molecule has 0 spiro atoms. The molecule has 1 fully saturated rings. The molecule has 1 aromatic heterocycles. The second-order valence-corrected chi connectivity index (χ2v) is 12.6. The van der Waals surface area contributed by atoms with E-state index in [0.717, 1.165) is 21.6 Å². The quantitative estimate of drug-likeness (QED) is 0.0925. The molecule has 0 bridgehead atoms. The van der Waals surface area contributed by atoms with E-state index in [-0.39, 0.29) is 17.4 Å². The number of carbonyl (C=O) groups excluding carboxylic acids is 2. The second-order valence-electron chi connectivity index (χ2n) is 11.6. The molecule has 3 heterocycles. The summed E-state index contributed by atoms with van der Waals surface area (Å²) in [7, 11) is 0. The van der Waals surface area contributed by atoms with E-state index in [1.54, 1.807) is 30.3 Å². The molecule has 0 saturated carbocycles. The number of aromatic nitrogens is 1. The molecule has 48 heavy (non-hydrogen) atoms. The number of Topliss-reactive ketones (excluding diaryl/α,β-unsaturated/α-hetero) is 1. The van der Waals surface area contributed by atoms with Crippen LogP contribution in [-0.2, 0) is 22.6 Å². The Kier molecular flexibility index (Phi) is 8.49. The van der Waals surface area contributed by atoms with E-state index < -0.39 is 17.7 Å². The molecule has 244 valence electrons. The summed E-state index contributed by atoms with van der Waals surface area (Å²) in [5.41, 5.74) is 3.52. The van der Waals surface area contributed by atoms with Crippen molar-refractivity contribution in [3.8, 4) is 23.0 Å². The van der Waals surface area contributed by atoms with Crippen LogP contribution < -0.4 is 23.8 Å². The SMILES string of the molecule is CCOc1ccc2nc(N3C(=O)C(=O)C(=C(O)c4ccc5c(c4)C[C@H](C)O5)[C@H]3c3ccc(OCc4ccccc4)c(OCC)c3)sc2c1. The van der Waals surface area contributed by atoms with Gasteiger partial charge in [0.2, 0.25) is 0 Å². The van der Waals surface area contributed by atoms with Crippen molar-refractivity contribution in [1.82, 2.24) is 4.98 Å². The van der Waals surface area contributed by atoms with E-state index in [1.165, 1.54) is 16.2 Å². The lowest BCUT2D eigenvalue weighted by atomic mass is 9.94. The van der Waals surface area contributed by atoms with Crippen molar-refractivity contribution in [1.29, 1.82) is 0 Å². The van der Waals surface area contributed by atoms with E-state index in [2.05, 4.69) is 0 Å². The van der Waals surface area contributed by atoms with Gasteiger partial charge >= 0.3 is 5.91 Å². The number of hydrogen-bond donors (Lipinski definition) is 1. The Labute approximate surface area is 282 Å². The van der Waals surface area contributed by atoms with Gasteiger partial charge in [-0.1, -0.05) is 47.7 Å². The van der Waals surface area contributed by atoms with Gasteiger partial charge < -0.3 is 24.1 Å². The fourth-order valence-corrected chi connectivity index (χ4v) is 7.16. The Morgan fingerprint density at radius 2 is 1.75 bits per heavy atom. The normalized spacial score (nSPS) is 18.2. The summed E-state index contributed by atoms with van der Waals surface area (Å²) in [6.07, 6.45) is 0.677. The molecule has 0 radical (unpaired) electrons. The van der Waals surface area contributed by atoms with Crippen LogP contribution in [0.15, 0.2) is 90.5 Å². The van der Waals surface area contributed by atoms with Gasteiger partial charge in [0.25, 0.3) is 5.78 Å². The Morgan fingerprint density at radius 3 is 2.54 bits per heavy atom. The number of amides is 1. The van der Waals surface area contributed by atoms with Crippen molar-refractivity contribution in [3.05, 3.63) is 113 Å². The highest BCUT2D eigenvalue weighted by molar-refractivity contribution is 7.22. The van der Waals surface area contributed by atoms with Crippen LogP contribution in [0.1, 0.15) is 49.1 Å². The predicted octanol–water partition coefficient (Wildman–Crippen LogP) is 7.62. The van der Waals surface area contributed by atoms with Crippen molar-refractivity contribution < 1.29 is 33.6 Å². The van der Waals surface area contributed by atoms with Crippen molar-refractivity contribution in [3.63, 3.8) is 0 Å². The maximum Gasteiger partial charge on any atom is 0.301 e. The lowest BCUT2D eigenvalue weighted by Crippen LogP contribution is -2.29. The lowest BCUT2D eigenvalue weighted by Gasteiger charge is -2.24. The predicted molar refractivity (Wildman–Crippen MR) is 184 cm³/mol. The molecule has 10 heteroatoms. The van der Waals surface area contributed by atoms with Gasteiger partial charge in [0.1, 0.15) is 30.0 Å². The van der Waals surface area contributed by atoms with Gasteiger partial charge in [-0.3, -0.25) is 14.5 Å². The molecule has 2 aliphatic heterocycles. The highest BCUT2D eigenvalue weighted by Gasteiger charge is 2.48. The van der Waals surface area contributed by atoms with Gasteiger partial charge in [-0.05, 0) is 86.0 Å². The number of carbonyl (C=O) groups is 2. The molecule has 0 unspecified atom stereocenters. The first-order valence-corrected chi connectivity index (χ1v) is 16.7. The highest BCUT2D eigenvalue weighted by Crippen LogP contribution is 2.46. The Balaban J connectivity index is 1.35. The first-order chi connectivity index (χ1) is 23.3. The van der Waals surface area contributed by atoms with Gasteiger partial charge in [0.15, 0.2) is 16.6 Å². The fourth-order valence-electron chi connectivity index (χ4n) is 6.14.